The molecule has 3 heterocycles. The number of likely N-dealkylation sites (tertiary alicyclic amines) is 2. The molecule has 2 amide bonds. The van der Waals surface area contributed by atoms with Gasteiger partial charge in [-0.05, 0) is 83.4 Å². The monoisotopic (exact) mass is 416 g/mol. The Morgan fingerprint density at radius 2 is 1.77 bits per heavy atom. The van der Waals surface area contributed by atoms with E-state index < -0.39 is 0 Å². The number of rotatable bonds is 7. The van der Waals surface area contributed by atoms with Crippen LogP contribution in [0.5, 0.6) is 0 Å². The molecule has 2 aliphatic rings. The number of carbonyl (C=O) groups excluding carboxylic acids is 2. The number of hydrogen-bond donors (Lipinski definition) is 2. The van der Waals surface area contributed by atoms with Gasteiger partial charge < -0.3 is 20.1 Å². The van der Waals surface area contributed by atoms with Crippen molar-refractivity contribution in [1.29, 1.82) is 0 Å². The molecule has 6 heteroatoms. The number of hydrogen-bond acceptors (Lipinski definition) is 3. The van der Waals surface area contributed by atoms with Crippen LogP contribution in [0.25, 0.3) is 0 Å². The van der Waals surface area contributed by atoms with Crippen molar-refractivity contribution >= 4 is 11.8 Å². The van der Waals surface area contributed by atoms with E-state index in [1.54, 1.807) is 0 Å². The van der Waals surface area contributed by atoms with Crippen LogP contribution in [0.2, 0.25) is 0 Å². The molecule has 2 N–H and O–H groups in total. The Kier molecular flexibility index (Phi) is 7.98. The highest BCUT2D eigenvalue weighted by molar-refractivity contribution is 5.94. The van der Waals surface area contributed by atoms with Crippen LogP contribution < -0.4 is 5.32 Å². The highest BCUT2D eigenvalue weighted by Crippen LogP contribution is 2.24. The van der Waals surface area contributed by atoms with Crippen LogP contribution in [0, 0.1) is 26.7 Å². The zero-order valence-corrected chi connectivity index (χ0v) is 19.4. The van der Waals surface area contributed by atoms with E-state index in [0.717, 1.165) is 62.4 Å². The lowest BCUT2D eigenvalue weighted by Gasteiger charge is -2.33. The molecular weight excluding hydrogens is 376 g/mol. The van der Waals surface area contributed by atoms with E-state index in [-0.39, 0.29) is 11.8 Å². The zero-order chi connectivity index (χ0) is 21.7. The van der Waals surface area contributed by atoms with E-state index >= 15 is 0 Å². The lowest BCUT2D eigenvalue weighted by molar-refractivity contribution is -0.122. The van der Waals surface area contributed by atoms with Crippen LogP contribution in [0.3, 0.4) is 0 Å². The molecule has 2 aliphatic heterocycles. The van der Waals surface area contributed by atoms with Gasteiger partial charge in [0.2, 0.25) is 5.91 Å². The summed E-state index contributed by atoms with van der Waals surface area (Å²) in [7, 11) is 0. The molecular formula is C24H40N4O2. The number of aromatic nitrogens is 1. The fourth-order valence-corrected chi connectivity index (χ4v) is 4.89. The van der Waals surface area contributed by atoms with Crippen molar-refractivity contribution in [3.8, 4) is 0 Å². The third-order valence-electron chi connectivity index (χ3n) is 7.29. The summed E-state index contributed by atoms with van der Waals surface area (Å²) in [6.45, 7) is 12.9. The molecule has 30 heavy (non-hydrogen) atoms. The van der Waals surface area contributed by atoms with Gasteiger partial charge in [-0.3, -0.25) is 9.59 Å². The molecule has 0 radical (unpaired) electrons. The van der Waals surface area contributed by atoms with E-state index in [0.29, 0.717) is 18.4 Å². The van der Waals surface area contributed by atoms with Gasteiger partial charge in [0.15, 0.2) is 0 Å². The second kappa shape index (κ2) is 10.5. The minimum atomic E-state index is 0.0959. The van der Waals surface area contributed by atoms with E-state index in [9.17, 15) is 9.59 Å². The van der Waals surface area contributed by atoms with Crippen LogP contribution in [0.4, 0.5) is 0 Å². The minimum Gasteiger partial charge on any atom is -0.356 e. The molecule has 0 aliphatic carbocycles. The fourth-order valence-electron chi connectivity index (χ4n) is 4.89. The quantitative estimate of drug-likeness (QED) is 0.668. The summed E-state index contributed by atoms with van der Waals surface area (Å²) < 4.78 is 0. The normalized spacial score (nSPS) is 21.1. The summed E-state index contributed by atoms with van der Waals surface area (Å²) in [5.41, 5.74) is 4.01. The molecule has 6 nitrogen and oxygen atoms in total. The molecule has 0 spiro atoms. The molecule has 1 atom stereocenters. The smallest absolute Gasteiger partial charge is 0.270 e. The average Bonchev–Trinajstić information content (AvgIpc) is 3.00. The van der Waals surface area contributed by atoms with Gasteiger partial charge in [-0.15, -0.1) is 0 Å². The van der Waals surface area contributed by atoms with Gasteiger partial charge in [-0.25, -0.2) is 0 Å². The van der Waals surface area contributed by atoms with Crippen molar-refractivity contribution < 1.29 is 9.59 Å². The van der Waals surface area contributed by atoms with E-state index in [1.165, 1.54) is 31.4 Å². The Morgan fingerprint density at radius 3 is 2.40 bits per heavy atom. The standard InChI is InChI=1S/C24H40N4O2/c1-17-8-5-6-12-27(17)13-7-11-25-22(29)16-21-9-14-28(15-10-21)24(30)23-19(3)18(2)20(4)26-23/h17,21,26H,5-16H2,1-4H3,(H,25,29)/t17-/m0/s1. The molecule has 0 unspecified atom stereocenters. The summed E-state index contributed by atoms with van der Waals surface area (Å²) in [6, 6.07) is 0.685. The third kappa shape index (κ3) is 5.65. The molecule has 2 saturated heterocycles. The van der Waals surface area contributed by atoms with Gasteiger partial charge in [0.25, 0.3) is 5.91 Å². The summed E-state index contributed by atoms with van der Waals surface area (Å²) in [5, 5.41) is 3.11. The van der Waals surface area contributed by atoms with Crippen LogP contribution in [-0.4, -0.2) is 65.4 Å². The van der Waals surface area contributed by atoms with Crippen LogP contribution in [0.15, 0.2) is 0 Å². The predicted molar refractivity (Wildman–Crippen MR) is 121 cm³/mol. The van der Waals surface area contributed by atoms with Crippen molar-refractivity contribution in [1.82, 2.24) is 20.1 Å². The Labute approximate surface area is 181 Å². The minimum absolute atomic E-state index is 0.0959. The van der Waals surface area contributed by atoms with Crippen LogP contribution in [-0.2, 0) is 4.79 Å². The van der Waals surface area contributed by atoms with E-state index in [4.69, 9.17) is 0 Å². The maximum Gasteiger partial charge on any atom is 0.270 e. The number of nitrogens with one attached hydrogen (secondary N) is 2. The van der Waals surface area contributed by atoms with Crippen molar-refractivity contribution in [3.05, 3.63) is 22.5 Å². The van der Waals surface area contributed by atoms with Gasteiger partial charge in [-0.1, -0.05) is 6.42 Å². The molecule has 168 valence electrons. The lowest BCUT2D eigenvalue weighted by Crippen LogP contribution is -2.40. The van der Waals surface area contributed by atoms with Crippen LogP contribution in [0.1, 0.15) is 79.2 Å². The Bertz CT molecular complexity index is 734. The highest BCUT2D eigenvalue weighted by Gasteiger charge is 2.27. The maximum absolute atomic E-state index is 12.9. The van der Waals surface area contributed by atoms with Gasteiger partial charge in [-0.2, -0.15) is 0 Å². The molecule has 2 fully saturated rings. The molecule has 1 aromatic rings. The number of nitrogens with zero attached hydrogens (tertiary/aromatic N) is 2. The summed E-state index contributed by atoms with van der Waals surface area (Å²) in [5.74, 6) is 0.640. The Morgan fingerprint density at radius 1 is 1.03 bits per heavy atom. The summed E-state index contributed by atoms with van der Waals surface area (Å²) >= 11 is 0. The first-order valence-corrected chi connectivity index (χ1v) is 11.8. The second-order valence-corrected chi connectivity index (χ2v) is 9.40. The van der Waals surface area contributed by atoms with E-state index in [1.807, 2.05) is 18.7 Å². The van der Waals surface area contributed by atoms with Crippen molar-refractivity contribution in [2.45, 2.75) is 78.7 Å². The van der Waals surface area contributed by atoms with Gasteiger partial charge >= 0.3 is 0 Å². The zero-order valence-electron chi connectivity index (χ0n) is 19.4. The summed E-state index contributed by atoms with van der Waals surface area (Å²) in [4.78, 5) is 32.9. The first-order chi connectivity index (χ1) is 14.4. The first-order valence-electron chi connectivity index (χ1n) is 11.8. The number of aromatic amines is 1. The lowest BCUT2D eigenvalue weighted by atomic mass is 9.93. The number of aryl methyl sites for hydroxylation is 1. The number of carbonyl (C=O) groups is 2. The number of piperidine rings is 2. The fraction of sp³-hybridized carbons (Fsp3) is 0.750. The van der Waals surface area contributed by atoms with Crippen molar-refractivity contribution in [3.63, 3.8) is 0 Å². The number of H-pyrrole nitrogens is 1. The van der Waals surface area contributed by atoms with Crippen molar-refractivity contribution in [2.24, 2.45) is 5.92 Å². The van der Waals surface area contributed by atoms with Gasteiger partial charge in [0.05, 0.1) is 0 Å². The SMILES string of the molecule is Cc1[nH]c(C(=O)N2CCC(CC(=O)NCCCN3CCCC[C@@H]3C)CC2)c(C)c1C. The van der Waals surface area contributed by atoms with Gasteiger partial charge in [0.1, 0.15) is 5.69 Å². The Hall–Kier alpha value is -1.82. The molecule has 3 rings (SSSR count). The third-order valence-corrected chi connectivity index (χ3v) is 7.29. The summed E-state index contributed by atoms with van der Waals surface area (Å²) in [6.07, 6.45) is 7.38. The van der Waals surface area contributed by atoms with E-state index in [2.05, 4.69) is 29.0 Å². The highest BCUT2D eigenvalue weighted by atomic mass is 16.2. The predicted octanol–water partition coefficient (Wildman–Crippen LogP) is 3.56. The van der Waals surface area contributed by atoms with Crippen LogP contribution >= 0.6 is 0 Å². The topological polar surface area (TPSA) is 68.4 Å². The Balaban J connectivity index is 1.34. The van der Waals surface area contributed by atoms with Gasteiger partial charge in [0, 0.05) is 44.3 Å². The molecule has 1 aromatic heterocycles. The van der Waals surface area contributed by atoms with Crippen molar-refractivity contribution in [2.75, 3.05) is 32.7 Å². The second-order valence-electron chi connectivity index (χ2n) is 9.40. The number of amides is 2. The molecule has 0 saturated carbocycles. The average molecular weight is 417 g/mol. The molecule has 0 aromatic carbocycles. The largest absolute Gasteiger partial charge is 0.356 e. The molecule has 0 bridgehead atoms. The first kappa shape index (κ1) is 22.9. The maximum atomic E-state index is 12.9.